The Labute approximate surface area is 133 Å². The lowest BCUT2D eigenvalue weighted by molar-refractivity contribution is 0.0240. The van der Waals surface area contributed by atoms with Crippen molar-refractivity contribution in [2.24, 2.45) is 0 Å². The van der Waals surface area contributed by atoms with Gasteiger partial charge in [0.1, 0.15) is 5.60 Å². The van der Waals surface area contributed by atoms with Gasteiger partial charge in [-0.25, -0.2) is 9.59 Å². The predicted octanol–water partition coefficient (Wildman–Crippen LogP) is 2.18. The zero-order chi connectivity index (χ0) is 16.6. The Hall–Kier alpha value is -2.44. The van der Waals surface area contributed by atoms with Crippen molar-refractivity contribution in [2.45, 2.75) is 26.4 Å². The molecular formula is C16H21N3O4. The van der Waals surface area contributed by atoms with Crippen molar-refractivity contribution in [3.63, 3.8) is 0 Å². The second kappa shape index (κ2) is 5.64. The first kappa shape index (κ1) is 15.5. The van der Waals surface area contributed by atoms with Crippen LogP contribution in [0.2, 0.25) is 0 Å². The highest BCUT2D eigenvalue weighted by Gasteiger charge is 2.26. The third-order valence-corrected chi connectivity index (χ3v) is 3.70. The number of aromatic amines is 1. The molecule has 1 saturated heterocycles. The van der Waals surface area contributed by atoms with Crippen LogP contribution < -0.4 is 10.7 Å². The van der Waals surface area contributed by atoms with Crippen molar-refractivity contribution in [1.29, 1.82) is 0 Å². The summed E-state index contributed by atoms with van der Waals surface area (Å²) in [6.07, 6.45) is -0.274. The van der Waals surface area contributed by atoms with Crippen LogP contribution in [-0.4, -0.2) is 47.8 Å². The van der Waals surface area contributed by atoms with E-state index in [1.807, 2.05) is 39.0 Å². The minimum Gasteiger partial charge on any atom is -0.444 e. The van der Waals surface area contributed by atoms with E-state index in [0.29, 0.717) is 37.3 Å². The summed E-state index contributed by atoms with van der Waals surface area (Å²) in [4.78, 5) is 29.8. The molecule has 7 nitrogen and oxygen atoms in total. The van der Waals surface area contributed by atoms with E-state index < -0.39 is 11.4 Å². The van der Waals surface area contributed by atoms with Gasteiger partial charge in [-0.1, -0.05) is 0 Å². The van der Waals surface area contributed by atoms with Crippen LogP contribution in [0, 0.1) is 0 Å². The van der Waals surface area contributed by atoms with Gasteiger partial charge in [0.2, 0.25) is 0 Å². The monoisotopic (exact) mass is 319 g/mol. The van der Waals surface area contributed by atoms with E-state index in [0.717, 1.165) is 5.69 Å². The summed E-state index contributed by atoms with van der Waals surface area (Å²) >= 11 is 0. The van der Waals surface area contributed by atoms with Crippen LogP contribution >= 0.6 is 0 Å². The van der Waals surface area contributed by atoms with E-state index in [4.69, 9.17) is 9.15 Å². The molecule has 2 aromatic rings. The summed E-state index contributed by atoms with van der Waals surface area (Å²) in [7, 11) is 0. The lowest BCUT2D eigenvalue weighted by Crippen LogP contribution is -2.50. The molecule has 0 atom stereocenters. The maximum atomic E-state index is 12.1. The summed E-state index contributed by atoms with van der Waals surface area (Å²) in [6, 6.07) is 5.61. The second-order valence-electron chi connectivity index (χ2n) is 6.65. The molecule has 0 unspecified atom stereocenters. The van der Waals surface area contributed by atoms with Crippen LogP contribution in [0.25, 0.3) is 11.1 Å². The molecule has 23 heavy (non-hydrogen) atoms. The second-order valence-corrected chi connectivity index (χ2v) is 6.65. The molecule has 1 aromatic heterocycles. The molecule has 1 N–H and O–H groups in total. The molecule has 1 aromatic carbocycles. The van der Waals surface area contributed by atoms with Crippen molar-refractivity contribution in [3.8, 4) is 0 Å². The van der Waals surface area contributed by atoms with Gasteiger partial charge in [-0.3, -0.25) is 4.98 Å². The van der Waals surface area contributed by atoms with Crippen LogP contribution in [0.3, 0.4) is 0 Å². The van der Waals surface area contributed by atoms with Crippen molar-refractivity contribution >= 4 is 22.9 Å². The van der Waals surface area contributed by atoms with E-state index in [2.05, 4.69) is 9.88 Å². The predicted molar refractivity (Wildman–Crippen MR) is 86.9 cm³/mol. The summed E-state index contributed by atoms with van der Waals surface area (Å²) in [6.45, 7) is 8.20. The van der Waals surface area contributed by atoms with E-state index >= 15 is 0 Å². The van der Waals surface area contributed by atoms with Crippen LogP contribution in [0.5, 0.6) is 0 Å². The van der Waals surface area contributed by atoms with Gasteiger partial charge >= 0.3 is 11.8 Å². The van der Waals surface area contributed by atoms with Gasteiger partial charge in [-0.05, 0) is 32.9 Å². The molecule has 1 amide bonds. The van der Waals surface area contributed by atoms with Crippen LogP contribution in [0.4, 0.5) is 10.5 Å². The summed E-state index contributed by atoms with van der Waals surface area (Å²) in [5, 5.41) is 0. The van der Waals surface area contributed by atoms with E-state index in [-0.39, 0.29) is 6.09 Å². The number of benzene rings is 1. The van der Waals surface area contributed by atoms with Gasteiger partial charge in [-0.2, -0.15) is 0 Å². The molecule has 1 aliphatic heterocycles. The molecule has 1 aliphatic rings. The SMILES string of the molecule is CC(C)(C)OC(=O)N1CCN(c2ccc3[nH]c(=O)oc3c2)CC1. The molecule has 0 aliphatic carbocycles. The number of hydrogen-bond donors (Lipinski definition) is 1. The number of rotatable bonds is 1. The minimum atomic E-state index is -0.481. The van der Waals surface area contributed by atoms with Gasteiger partial charge < -0.3 is 19.0 Å². The molecule has 2 heterocycles. The Balaban J connectivity index is 1.65. The summed E-state index contributed by atoms with van der Waals surface area (Å²) in [5.74, 6) is -0.452. The highest BCUT2D eigenvalue weighted by atomic mass is 16.6. The van der Waals surface area contributed by atoms with E-state index in [1.54, 1.807) is 4.90 Å². The Bertz CT molecular complexity index is 763. The van der Waals surface area contributed by atoms with Gasteiger partial charge in [0.25, 0.3) is 0 Å². The first-order valence-electron chi connectivity index (χ1n) is 7.67. The molecule has 0 spiro atoms. The fourth-order valence-electron chi connectivity index (χ4n) is 2.60. The van der Waals surface area contributed by atoms with Gasteiger partial charge in [0.15, 0.2) is 5.58 Å². The van der Waals surface area contributed by atoms with Crippen LogP contribution in [0.15, 0.2) is 27.4 Å². The molecular weight excluding hydrogens is 298 g/mol. The maximum absolute atomic E-state index is 12.1. The molecule has 7 heteroatoms. The Morgan fingerprint density at radius 1 is 1.22 bits per heavy atom. The van der Waals surface area contributed by atoms with Gasteiger partial charge in [0, 0.05) is 37.9 Å². The number of fused-ring (bicyclic) bond motifs is 1. The topological polar surface area (TPSA) is 78.8 Å². The number of carbonyl (C=O) groups is 1. The molecule has 0 radical (unpaired) electrons. The molecule has 0 bridgehead atoms. The highest BCUT2D eigenvalue weighted by molar-refractivity contribution is 5.77. The first-order chi connectivity index (χ1) is 10.8. The van der Waals surface area contributed by atoms with Gasteiger partial charge in [0.05, 0.1) is 5.52 Å². The number of oxazole rings is 1. The zero-order valence-electron chi connectivity index (χ0n) is 13.6. The number of hydrogen-bond acceptors (Lipinski definition) is 5. The summed E-state index contributed by atoms with van der Waals surface area (Å²) in [5.41, 5.74) is 1.72. The third kappa shape index (κ3) is 3.49. The van der Waals surface area contributed by atoms with Crippen molar-refractivity contribution in [2.75, 3.05) is 31.1 Å². The number of ether oxygens (including phenoxy) is 1. The molecule has 0 saturated carbocycles. The quantitative estimate of drug-likeness (QED) is 0.871. The summed E-state index contributed by atoms with van der Waals surface area (Å²) < 4.78 is 10.5. The Morgan fingerprint density at radius 2 is 1.91 bits per heavy atom. The van der Waals surface area contributed by atoms with Crippen LogP contribution in [0.1, 0.15) is 20.8 Å². The molecule has 124 valence electrons. The van der Waals surface area contributed by atoms with E-state index in [1.165, 1.54) is 0 Å². The normalized spacial score (nSPS) is 16.0. The number of piperazine rings is 1. The average Bonchev–Trinajstić information content (AvgIpc) is 2.84. The maximum Gasteiger partial charge on any atom is 0.417 e. The Morgan fingerprint density at radius 3 is 2.57 bits per heavy atom. The van der Waals surface area contributed by atoms with Gasteiger partial charge in [-0.15, -0.1) is 0 Å². The number of anilines is 1. The van der Waals surface area contributed by atoms with Crippen LogP contribution in [-0.2, 0) is 4.74 Å². The number of aromatic nitrogens is 1. The number of amides is 1. The lowest BCUT2D eigenvalue weighted by Gasteiger charge is -2.36. The number of nitrogens with zero attached hydrogens (tertiary/aromatic N) is 2. The standard InChI is InChI=1S/C16H21N3O4/c1-16(2,3)23-15(21)19-8-6-18(7-9-19)11-4-5-12-13(10-11)22-14(20)17-12/h4-5,10H,6-9H2,1-3H3,(H,17,20). The first-order valence-corrected chi connectivity index (χ1v) is 7.67. The minimum absolute atomic E-state index is 0.274. The highest BCUT2D eigenvalue weighted by Crippen LogP contribution is 2.22. The lowest BCUT2D eigenvalue weighted by atomic mass is 10.2. The number of H-pyrrole nitrogens is 1. The fourth-order valence-corrected chi connectivity index (χ4v) is 2.60. The van der Waals surface area contributed by atoms with Crippen molar-refractivity contribution in [3.05, 3.63) is 28.7 Å². The smallest absolute Gasteiger partial charge is 0.417 e. The largest absolute Gasteiger partial charge is 0.444 e. The molecule has 3 rings (SSSR count). The number of nitrogens with one attached hydrogen (secondary N) is 1. The van der Waals surface area contributed by atoms with Crippen molar-refractivity contribution in [1.82, 2.24) is 9.88 Å². The molecule has 1 fully saturated rings. The number of carbonyl (C=O) groups excluding carboxylic acids is 1. The van der Waals surface area contributed by atoms with Crippen molar-refractivity contribution < 1.29 is 13.9 Å². The Kier molecular flexibility index (Phi) is 3.79. The fraction of sp³-hybridized carbons (Fsp3) is 0.500. The third-order valence-electron chi connectivity index (χ3n) is 3.70. The zero-order valence-corrected chi connectivity index (χ0v) is 13.6. The average molecular weight is 319 g/mol. The van der Waals surface area contributed by atoms with E-state index in [9.17, 15) is 9.59 Å².